The van der Waals surface area contributed by atoms with Crippen molar-refractivity contribution >= 4 is 0 Å². The van der Waals surface area contributed by atoms with Crippen molar-refractivity contribution in [2.75, 3.05) is 0 Å². The van der Waals surface area contributed by atoms with Gasteiger partial charge in [-0.15, -0.1) is 0 Å². The molecule has 3 fully saturated rings. The number of fused-ring (bicyclic) bond motifs is 5. The van der Waals surface area contributed by atoms with E-state index < -0.39 is 0 Å². The summed E-state index contributed by atoms with van der Waals surface area (Å²) in [6.07, 6.45) is 17.8. The molecule has 0 aliphatic heterocycles. The zero-order valence-electron chi connectivity index (χ0n) is 19.1. The summed E-state index contributed by atoms with van der Waals surface area (Å²) in [7, 11) is 0. The minimum atomic E-state index is -0.106. The van der Waals surface area contributed by atoms with Crippen LogP contribution < -0.4 is 0 Å². The quantitative estimate of drug-likeness (QED) is 0.527. The Balaban J connectivity index is 1.53. The van der Waals surface area contributed by atoms with Crippen molar-refractivity contribution in [3.05, 3.63) is 23.3 Å². The molecule has 1 heteroatoms. The molecule has 0 bridgehead atoms. The smallest absolute Gasteiger partial charge is 0.0578 e. The van der Waals surface area contributed by atoms with E-state index in [1.165, 1.54) is 51.4 Å². The number of aliphatic hydroxyl groups is 1. The minimum absolute atomic E-state index is 0.106. The van der Waals surface area contributed by atoms with Crippen LogP contribution in [0.1, 0.15) is 98.8 Å². The molecule has 28 heavy (non-hydrogen) atoms. The molecule has 0 amide bonds. The lowest BCUT2D eigenvalue weighted by molar-refractivity contribution is 0.0323. The highest BCUT2D eigenvalue weighted by Gasteiger charge is 2.56. The van der Waals surface area contributed by atoms with Gasteiger partial charge in [0.2, 0.25) is 0 Å². The standard InChI is InChI=1S/C27H44O/c1-18(2)7-6-8-19(3)23-11-12-24-22-10-9-20-17-21(28)13-15-26(20,4)25(22)14-16-27(23,24)5/h9-10,18-19,21,23-25,28H,6-8,11-17H2,1-5H3/t19-,21+,23+,24-,25+,26+,27-/m1/s1. The van der Waals surface area contributed by atoms with E-state index in [0.717, 1.165) is 42.4 Å². The van der Waals surface area contributed by atoms with E-state index in [1.54, 1.807) is 11.1 Å². The van der Waals surface area contributed by atoms with Gasteiger partial charge in [0, 0.05) is 0 Å². The van der Waals surface area contributed by atoms with Crippen LogP contribution in [0.25, 0.3) is 0 Å². The third-order valence-electron chi connectivity index (χ3n) is 9.75. The lowest BCUT2D eigenvalue weighted by Gasteiger charge is -2.55. The Morgan fingerprint density at radius 2 is 1.75 bits per heavy atom. The lowest BCUT2D eigenvalue weighted by Crippen LogP contribution is -2.46. The summed E-state index contributed by atoms with van der Waals surface area (Å²) < 4.78 is 0. The first-order valence-electron chi connectivity index (χ1n) is 12.3. The van der Waals surface area contributed by atoms with Gasteiger partial charge in [-0.2, -0.15) is 0 Å². The number of hydrogen-bond donors (Lipinski definition) is 1. The highest BCUT2D eigenvalue weighted by atomic mass is 16.3. The van der Waals surface area contributed by atoms with E-state index in [2.05, 4.69) is 46.8 Å². The van der Waals surface area contributed by atoms with Crippen LogP contribution in [0.5, 0.6) is 0 Å². The third-order valence-corrected chi connectivity index (χ3v) is 9.75. The first-order chi connectivity index (χ1) is 13.3. The van der Waals surface area contributed by atoms with Gasteiger partial charge in [-0.25, -0.2) is 0 Å². The monoisotopic (exact) mass is 384 g/mol. The molecule has 158 valence electrons. The maximum atomic E-state index is 10.2. The highest BCUT2D eigenvalue weighted by molar-refractivity contribution is 5.38. The highest BCUT2D eigenvalue weighted by Crippen LogP contribution is 2.66. The molecular weight excluding hydrogens is 340 g/mol. The van der Waals surface area contributed by atoms with Gasteiger partial charge in [-0.05, 0) is 85.4 Å². The fraction of sp³-hybridized carbons (Fsp3) is 0.852. The van der Waals surface area contributed by atoms with Crippen LogP contribution in [-0.2, 0) is 0 Å². The van der Waals surface area contributed by atoms with Crippen LogP contribution in [-0.4, -0.2) is 11.2 Å². The molecule has 7 atom stereocenters. The van der Waals surface area contributed by atoms with Crippen LogP contribution in [0.4, 0.5) is 0 Å². The van der Waals surface area contributed by atoms with Gasteiger partial charge >= 0.3 is 0 Å². The summed E-state index contributed by atoms with van der Waals surface area (Å²) in [4.78, 5) is 0. The molecule has 0 heterocycles. The topological polar surface area (TPSA) is 20.2 Å². The second kappa shape index (κ2) is 7.60. The predicted molar refractivity (Wildman–Crippen MR) is 119 cm³/mol. The Kier molecular flexibility index (Phi) is 5.62. The molecule has 3 saturated carbocycles. The van der Waals surface area contributed by atoms with Crippen molar-refractivity contribution in [1.29, 1.82) is 0 Å². The largest absolute Gasteiger partial charge is 0.393 e. The van der Waals surface area contributed by atoms with Crippen LogP contribution in [0, 0.1) is 40.4 Å². The molecule has 0 aromatic rings. The number of aliphatic hydroxyl groups excluding tert-OH is 1. The summed E-state index contributed by atoms with van der Waals surface area (Å²) in [5, 5.41) is 10.2. The zero-order chi connectivity index (χ0) is 20.1. The molecular formula is C27H44O. The normalized spacial score (nSPS) is 43.7. The number of rotatable bonds is 5. The van der Waals surface area contributed by atoms with Gasteiger partial charge in [0.05, 0.1) is 6.10 Å². The Morgan fingerprint density at radius 3 is 2.50 bits per heavy atom. The van der Waals surface area contributed by atoms with Crippen molar-refractivity contribution in [3.63, 3.8) is 0 Å². The Hall–Kier alpha value is -0.560. The Morgan fingerprint density at radius 1 is 0.964 bits per heavy atom. The van der Waals surface area contributed by atoms with E-state index in [0.29, 0.717) is 10.8 Å². The fourth-order valence-electron chi connectivity index (χ4n) is 8.01. The van der Waals surface area contributed by atoms with Gasteiger partial charge in [0.15, 0.2) is 0 Å². The molecule has 0 aromatic heterocycles. The Bertz CT molecular complexity index is 643. The summed E-state index contributed by atoms with van der Waals surface area (Å²) in [6, 6.07) is 0. The van der Waals surface area contributed by atoms with Crippen LogP contribution >= 0.6 is 0 Å². The molecule has 1 N–H and O–H groups in total. The maximum absolute atomic E-state index is 10.2. The zero-order valence-corrected chi connectivity index (χ0v) is 19.1. The van der Waals surface area contributed by atoms with E-state index in [-0.39, 0.29) is 6.10 Å². The van der Waals surface area contributed by atoms with Crippen LogP contribution in [0.2, 0.25) is 0 Å². The molecule has 0 unspecified atom stereocenters. The number of allylic oxidation sites excluding steroid dienone is 3. The minimum Gasteiger partial charge on any atom is -0.393 e. The number of hydrogen-bond acceptors (Lipinski definition) is 1. The molecule has 0 aromatic carbocycles. The van der Waals surface area contributed by atoms with Crippen molar-refractivity contribution < 1.29 is 5.11 Å². The fourth-order valence-corrected chi connectivity index (χ4v) is 8.01. The predicted octanol–water partition coefficient (Wildman–Crippen LogP) is 7.31. The third kappa shape index (κ3) is 3.34. The molecule has 0 radical (unpaired) electrons. The molecule has 4 aliphatic carbocycles. The van der Waals surface area contributed by atoms with Crippen molar-refractivity contribution in [2.45, 2.75) is 105 Å². The molecule has 0 spiro atoms. The molecule has 4 rings (SSSR count). The SMILES string of the molecule is CC(C)CCC[C@@H](C)[C@@H]1CC[C@@H]2C3=CC=C4C[C@@H](O)CC[C@]4(C)[C@H]3CC[C@@]21C. The van der Waals surface area contributed by atoms with Gasteiger partial charge < -0.3 is 5.11 Å². The van der Waals surface area contributed by atoms with Crippen molar-refractivity contribution in [3.8, 4) is 0 Å². The van der Waals surface area contributed by atoms with E-state index in [9.17, 15) is 5.11 Å². The second-order valence-electron chi connectivity index (χ2n) is 11.8. The van der Waals surface area contributed by atoms with E-state index >= 15 is 0 Å². The second-order valence-corrected chi connectivity index (χ2v) is 11.8. The molecule has 0 saturated heterocycles. The van der Waals surface area contributed by atoms with Crippen molar-refractivity contribution in [1.82, 2.24) is 0 Å². The van der Waals surface area contributed by atoms with E-state index in [1.807, 2.05) is 0 Å². The summed E-state index contributed by atoms with van der Waals surface area (Å²) in [5.41, 5.74) is 4.19. The van der Waals surface area contributed by atoms with Gasteiger partial charge in [-0.3, -0.25) is 0 Å². The molecule has 1 nitrogen and oxygen atoms in total. The summed E-state index contributed by atoms with van der Waals surface area (Å²) in [6.45, 7) is 12.5. The van der Waals surface area contributed by atoms with Crippen molar-refractivity contribution in [2.24, 2.45) is 40.4 Å². The lowest BCUT2D eigenvalue weighted by atomic mass is 9.50. The van der Waals surface area contributed by atoms with Crippen LogP contribution in [0.15, 0.2) is 23.3 Å². The van der Waals surface area contributed by atoms with Gasteiger partial charge in [0.25, 0.3) is 0 Å². The summed E-state index contributed by atoms with van der Waals surface area (Å²) in [5.74, 6) is 4.19. The van der Waals surface area contributed by atoms with E-state index in [4.69, 9.17) is 0 Å². The first kappa shape index (κ1) is 20.7. The van der Waals surface area contributed by atoms with Gasteiger partial charge in [0.1, 0.15) is 0 Å². The average Bonchev–Trinajstić information content (AvgIpc) is 2.99. The average molecular weight is 385 g/mol. The van der Waals surface area contributed by atoms with Crippen LogP contribution in [0.3, 0.4) is 0 Å². The first-order valence-corrected chi connectivity index (χ1v) is 12.3. The summed E-state index contributed by atoms with van der Waals surface area (Å²) >= 11 is 0. The Labute approximate surface area is 174 Å². The maximum Gasteiger partial charge on any atom is 0.0578 e. The molecule has 4 aliphatic rings. The van der Waals surface area contributed by atoms with Gasteiger partial charge in [-0.1, -0.05) is 77.2 Å².